The molecule has 7 nitrogen and oxygen atoms in total. The van der Waals surface area contributed by atoms with Crippen molar-refractivity contribution >= 4 is 34.2 Å². The number of benzene rings is 2. The van der Waals surface area contributed by atoms with Gasteiger partial charge in [0.1, 0.15) is 5.01 Å². The average Bonchev–Trinajstić information content (AvgIpc) is 3.20. The summed E-state index contributed by atoms with van der Waals surface area (Å²) in [6, 6.07) is 18.3. The minimum atomic E-state index is -0.484. The molecule has 0 radical (unpaired) electrons. The summed E-state index contributed by atoms with van der Waals surface area (Å²) in [5, 5.41) is 16.9. The van der Waals surface area contributed by atoms with E-state index in [1.54, 1.807) is 6.07 Å². The number of nitrogens with zero attached hydrogens (tertiary/aromatic N) is 3. The number of nitrogens with one attached hydrogen (secondary N) is 1. The SMILES string of the molecule is Nc1c(Nc2ncccc2[N+](=O)[O-])cccc1-c1nc(-c2ccccc2)cs1. The Kier molecular flexibility index (Phi) is 4.69. The molecule has 0 atom stereocenters. The summed E-state index contributed by atoms with van der Waals surface area (Å²) in [4.78, 5) is 19.5. The third-order valence-electron chi connectivity index (χ3n) is 4.15. The van der Waals surface area contributed by atoms with Gasteiger partial charge in [0.15, 0.2) is 0 Å². The number of aromatic nitrogens is 2. The summed E-state index contributed by atoms with van der Waals surface area (Å²) in [7, 11) is 0. The van der Waals surface area contributed by atoms with Crippen LogP contribution in [-0.4, -0.2) is 14.9 Å². The first-order valence-corrected chi connectivity index (χ1v) is 9.27. The van der Waals surface area contributed by atoms with Gasteiger partial charge in [0, 0.05) is 28.8 Å². The Morgan fingerprint density at radius 1 is 1.04 bits per heavy atom. The highest BCUT2D eigenvalue weighted by atomic mass is 32.1. The Morgan fingerprint density at radius 2 is 1.86 bits per heavy atom. The predicted molar refractivity (Wildman–Crippen MR) is 112 cm³/mol. The molecule has 0 aliphatic rings. The van der Waals surface area contributed by atoms with Crippen LogP contribution >= 0.6 is 11.3 Å². The Morgan fingerprint density at radius 3 is 2.64 bits per heavy atom. The van der Waals surface area contributed by atoms with Gasteiger partial charge in [0.05, 0.1) is 22.0 Å². The molecule has 0 unspecified atom stereocenters. The molecule has 0 aliphatic heterocycles. The molecule has 0 saturated heterocycles. The van der Waals surface area contributed by atoms with Crippen LogP contribution in [0.1, 0.15) is 0 Å². The normalized spacial score (nSPS) is 10.6. The van der Waals surface area contributed by atoms with Gasteiger partial charge in [-0.1, -0.05) is 36.4 Å². The molecule has 0 bridgehead atoms. The van der Waals surface area contributed by atoms with E-state index in [-0.39, 0.29) is 11.5 Å². The van der Waals surface area contributed by atoms with Crippen molar-refractivity contribution in [1.29, 1.82) is 0 Å². The quantitative estimate of drug-likeness (QED) is 0.279. The van der Waals surface area contributed by atoms with Gasteiger partial charge >= 0.3 is 5.69 Å². The maximum atomic E-state index is 11.2. The third-order valence-corrected chi connectivity index (χ3v) is 5.02. The van der Waals surface area contributed by atoms with Crippen molar-refractivity contribution in [1.82, 2.24) is 9.97 Å². The third kappa shape index (κ3) is 3.40. The van der Waals surface area contributed by atoms with E-state index in [4.69, 9.17) is 10.7 Å². The molecule has 0 saturated carbocycles. The van der Waals surface area contributed by atoms with Gasteiger partial charge in [-0.2, -0.15) is 0 Å². The zero-order chi connectivity index (χ0) is 19.5. The van der Waals surface area contributed by atoms with Crippen molar-refractivity contribution in [2.75, 3.05) is 11.1 Å². The summed E-state index contributed by atoms with van der Waals surface area (Å²) in [5.41, 5.74) is 9.88. The van der Waals surface area contributed by atoms with E-state index in [2.05, 4.69) is 10.3 Å². The summed E-state index contributed by atoms with van der Waals surface area (Å²) in [6.45, 7) is 0. The number of nitro groups is 1. The van der Waals surface area contributed by atoms with Gasteiger partial charge in [-0.25, -0.2) is 9.97 Å². The van der Waals surface area contributed by atoms with Crippen LogP contribution in [0.15, 0.2) is 72.2 Å². The van der Waals surface area contributed by atoms with Crippen molar-refractivity contribution in [3.05, 3.63) is 82.4 Å². The van der Waals surface area contributed by atoms with Gasteiger partial charge in [-0.05, 0) is 18.2 Å². The molecule has 4 rings (SSSR count). The fourth-order valence-corrected chi connectivity index (χ4v) is 3.64. The summed E-state index contributed by atoms with van der Waals surface area (Å²) < 4.78 is 0. The number of rotatable bonds is 5. The van der Waals surface area contributed by atoms with Crippen LogP contribution in [0.25, 0.3) is 21.8 Å². The van der Waals surface area contributed by atoms with Gasteiger partial charge in [0.2, 0.25) is 5.82 Å². The zero-order valence-corrected chi connectivity index (χ0v) is 15.4. The second-order valence-corrected chi connectivity index (χ2v) is 6.78. The lowest BCUT2D eigenvalue weighted by atomic mass is 10.1. The monoisotopic (exact) mass is 389 g/mol. The number of nitrogen functional groups attached to an aromatic ring is 1. The highest BCUT2D eigenvalue weighted by molar-refractivity contribution is 7.13. The van der Waals surface area contributed by atoms with Crippen molar-refractivity contribution in [3.8, 4) is 21.8 Å². The summed E-state index contributed by atoms with van der Waals surface area (Å²) >= 11 is 1.49. The highest BCUT2D eigenvalue weighted by Gasteiger charge is 2.17. The van der Waals surface area contributed by atoms with E-state index in [0.29, 0.717) is 11.4 Å². The topological polar surface area (TPSA) is 107 Å². The molecule has 2 aromatic heterocycles. The van der Waals surface area contributed by atoms with Gasteiger partial charge < -0.3 is 11.1 Å². The van der Waals surface area contributed by atoms with E-state index < -0.39 is 4.92 Å². The number of pyridine rings is 1. The van der Waals surface area contributed by atoms with Crippen LogP contribution in [0.3, 0.4) is 0 Å². The maximum absolute atomic E-state index is 11.2. The maximum Gasteiger partial charge on any atom is 0.311 e. The fourth-order valence-electron chi connectivity index (χ4n) is 2.77. The molecule has 0 aliphatic carbocycles. The van der Waals surface area contributed by atoms with Crippen LogP contribution in [0, 0.1) is 10.1 Å². The largest absolute Gasteiger partial charge is 0.396 e. The average molecular weight is 389 g/mol. The second kappa shape index (κ2) is 7.45. The molecule has 8 heteroatoms. The number of para-hydroxylation sites is 1. The first kappa shape index (κ1) is 17.6. The van der Waals surface area contributed by atoms with Crippen molar-refractivity contribution in [2.45, 2.75) is 0 Å². The molecular weight excluding hydrogens is 374 g/mol. The number of anilines is 3. The molecule has 0 spiro atoms. The van der Waals surface area contributed by atoms with Gasteiger partial charge in [0.25, 0.3) is 0 Å². The lowest BCUT2D eigenvalue weighted by Gasteiger charge is -2.11. The smallest absolute Gasteiger partial charge is 0.311 e. The number of hydrogen-bond acceptors (Lipinski definition) is 7. The predicted octanol–water partition coefficient (Wildman–Crippen LogP) is 5.11. The zero-order valence-electron chi connectivity index (χ0n) is 14.6. The Bertz CT molecular complexity index is 1140. The molecular formula is C20H15N5O2S. The molecule has 138 valence electrons. The first-order chi connectivity index (χ1) is 13.6. The van der Waals surface area contributed by atoms with E-state index >= 15 is 0 Å². The molecule has 3 N–H and O–H groups in total. The lowest BCUT2D eigenvalue weighted by molar-refractivity contribution is -0.384. The standard InChI is InChI=1S/C20H15N5O2S/c21-18-14(20-24-16(12-28-20)13-6-2-1-3-7-13)8-4-9-15(18)23-19-17(25(26)27)10-5-11-22-19/h1-12H,21H2,(H,22,23). The molecule has 2 heterocycles. The Labute approximate surface area is 164 Å². The molecule has 4 aromatic rings. The Balaban J connectivity index is 1.69. The molecule has 28 heavy (non-hydrogen) atoms. The van der Waals surface area contributed by atoms with Gasteiger partial charge in [-0.15, -0.1) is 11.3 Å². The first-order valence-electron chi connectivity index (χ1n) is 8.39. The Hall–Kier alpha value is -3.78. The van der Waals surface area contributed by atoms with E-state index in [1.807, 2.05) is 47.8 Å². The second-order valence-electron chi connectivity index (χ2n) is 5.92. The minimum Gasteiger partial charge on any atom is -0.396 e. The highest BCUT2D eigenvalue weighted by Crippen LogP contribution is 2.37. The van der Waals surface area contributed by atoms with Crippen molar-refractivity contribution in [2.24, 2.45) is 0 Å². The van der Waals surface area contributed by atoms with Crippen LogP contribution in [0.5, 0.6) is 0 Å². The van der Waals surface area contributed by atoms with Gasteiger partial charge in [-0.3, -0.25) is 10.1 Å². The van der Waals surface area contributed by atoms with E-state index in [0.717, 1.165) is 21.8 Å². The number of thiazole rings is 1. The molecule has 0 amide bonds. The summed E-state index contributed by atoms with van der Waals surface area (Å²) in [6.07, 6.45) is 1.49. The van der Waals surface area contributed by atoms with E-state index in [9.17, 15) is 10.1 Å². The number of hydrogen-bond donors (Lipinski definition) is 2. The minimum absolute atomic E-state index is 0.118. The van der Waals surface area contributed by atoms with Crippen molar-refractivity contribution < 1.29 is 4.92 Å². The van der Waals surface area contributed by atoms with Crippen LogP contribution in [-0.2, 0) is 0 Å². The van der Waals surface area contributed by atoms with Crippen molar-refractivity contribution in [3.63, 3.8) is 0 Å². The molecule has 0 fully saturated rings. The van der Waals surface area contributed by atoms with Crippen LogP contribution < -0.4 is 11.1 Å². The number of nitrogens with two attached hydrogens (primary N) is 1. The van der Waals surface area contributed by atoms with Crippen LogP contribution in [0.2, 0.25) is 0 Å². The summed E-state index contributed by atoms with van der Waals surface area (Å²) in [5.74, 6) is 0.139. The van der Waals surface area contributed by atoms with E-state index in [1.165, 1.54) is 29.7 Å². The molecule has 2 aromatic carbocycles. The fraction of sp³-hybridized carbons (Fsp3) is 0. The lowest BCUT2D eigenvalue weighted by Crippen LogP contribution is -2.02. The van der Waals surface area contributed by atoms with Crippen LogP contribution in [0.4, 0.5) is 22.9 Å².